The number of carboxylic acid groups (broad SMARTS) is 1. The van der Waals surface area contributed by atoms with Gasteiger partial charge in [0.1, 0.15) is 6.04 Å². The Balaban J connectivity index is 1.78. The molecule has 1 saturated heterocycles. The van der Waals surface area contributed by atoms with Crippen molar-refractivity contribution in [1.82, 2.24) is 15.1 Å². The maximum atomic E-state index is 12.6. The van der Waals surface area contributed by atoms with Crippen molar-refractivity contribution in [2.45, 2.75) is 25.8 Å². The third-order valence-corrected chi connectivity index (χ3v) is 4.71. The SMILES string of the molecule is Cc1nn(-c2ccc(Cl)cc2)cc1C(=O)NC(C(=O)O)C1CCCOC1. The first kappa shape index (κ1) is 18.4. The van der Waals surface area contributed by atoms with Gasteiger partial charge in [0.2, 0.25) is 0 Å². The second-order valence-corrected chi connectivity index (χ2v) is 6.75. The van der Waals surface area contributed by atoms with Crippen LogP contribution in [0, 0.1) is 12.8 Å². The van der Waals surface area contributed by atoms with Crippen LogP contribution >= 0.6 is 11.6 Å². The highest BCUT2D eigenvalue weighted by Crippen LogP contribution is 2.19. The second-order valence-electron chi connectivity index (χ2n) is 6.32. The molecule has 1 aliphatic heterocycles. The quantitative estimate of drug-likeness (QED) is 0.834. The number of rotatable bonds is 5. The molecule has 3 rings (SSSR count). The van der Waals surface area contributed by atoms with E-state index in [0.717, 1.165) is 12.1 Å². The number of carboxylic acids is 1. The van der Waals surface area contributed by atoms with Crippen molar-refractivity contribution in [2.75, 3.05) is 13.2 Å². The number of aryl methyl sites for hydroxylation is 1. The molecule has 1 aliphatic rings. The van der Waals surface area contributed by atoms with E-state index < -0.39 is 17.9 Å². The lowest BCUT2D eigenvalue weighted by atomic mass is 9.93. The zero-order valence-corrected chi connectivity index (χ0v) is 15.1. The van der Waals surface area contributed by atoms with Crippen LogP contribution in [0.4, 0.5) is 0 Å². The highest BCUT2D eigenvalue weighted by molar-refractivity contribution is 6.30. The number of aromatic nitrogens is 2. The predicted molar refractivity (Wildman–Crippen MR) is 95.7 cm³/mol. The van der Waals surface area contributed by atoms with Gasteiger partial charge in [0.25, 0.3) is 5.91 Å². The van der Waals surface area contributed by atoms with Gasteiger partial charge in [0, 0.05) is 23.7 Å². The molecule has 2 heterocycles. The first-order valence-corrected chi connectivity index (χ1v) is 8.77. The van der Waals surface area contributed by atoms with Gasteiger partial charge >= 0.3 is 5.97 Å². The van der Waals surface area contributed by atoms with E-state index >= 15 is 0 Å². The zero-order chi connectivity index (χ0) is 18.7. The number of benzene rings is 1. The fourth-order valence-electron chi connectivity index (χ4n) is 3.04. The summed E-state index contributed by atoms with van der Waals surface area (Å²) in [5.74, 6) is -1.76. The minimum absolute atomic E-state index is 0.239. The van der Waals surface area contributed by atoms with Crippen molar-refractivity contribution in [3.05, 3.63) is 46.7 Å². The maximum Gasteiger partial charge on any atom is 0.326 e. The number of hydrogen-bond donors (Lipinski definition) is 2. The summed E-state index contributed by atoms with van der Waals surface area (Å²) in [5.41, 5.74) is 1.61. The molecule has 0 radical (unpaired) electrons. The molecule has 0 aliphatic carbocycles. The van der Waals surface area contributed by atoms with Crippen LogP contribution in [0.2, 0.25) is 5.02 Å². The van der Waals surface area contributed by atoms with Gasteiger partial charge in [-0.25, -0.2) is 9.48 Å². The summed E-state index contributed by atoms with van der Waals surface area (Å²) in [6.07, 6.45) is 3.09. The Labute approximate surface area is 155 Å². The molecule has 2 aromatic rings. The lowest BCUT2D eigenvalue weighted by Gasteiger charge is -2.28. The first-order valence-electron chi connectivity index (χ1n) is 8.39. The topological polar surface area (TPSA) is 93.5 Å². The normalized spacial score (nSPS) is 18.3. The minimum atomic E-state index is -1.06. The van der Waals surface area contributed by atoms with Crippen LogP contribution < -0.4 is 5.32 Å². The lowest BCUT2D eigenvalue weighted by Crippen LogP contribution is -2.48. The van der Waals surface area contributed by atoms with E-state index in [1.807, 2.05) is 0 Å². The van der Waals surface area contributed by atoms with Gasteiger partial charge in [-0.05, 0) is 44.0 Å². The fourth-order valence-corrected chi connectivity index (χ4v) is 3.16. The van der Waals surface area contributed by atoms with E-state index in [2.05, 4.69) is 10.4 Å². The fraction of sp³-hybridized carbons (Fsp3) is 0.389. The molecule has 26 heavy (non-hydrogen) atoms. The number of halogens is 1. The Hall–Kier alpha value is -2.38. The van der Waals surface area contributed by atoms with Crippen molar-refractivity contribution in [1.29, 1.82) is 0 Å². The molecule has 1 aromatic carbocycles. The van der Waals surface area contributed by atoms with Crippen molar-refractivity contribution in [3.63, 3.8) is 0 Å². The molecule has 138 valence electrons. The average molecular weight is 378 g/mol. The standard InChI is InChI=1S/C18H20ClN3O4/c1-11-15(9-22(21-11)14-6-4-13(19)5-7-14)17(23)20-16(18(24)25)12-3-2-8-26-10-12/h4-7,9,12,16H,2-3,8,10H2,1H3,(H,20,23)(H,24,25). The summed E-state index contributed by atoms with van der Waals surface area (Å²) in [4.78, 5) is 24.2. The molecule has 1 fully saturated rings. The molecular formula is C18H20ClN3O4. The third-order valence-electron chi connectivity index (χ3n) is 4.45. The molecule has 7 nitrogen and oxygen atoms in total. The van der Waals surface area contributed by atoms with E-state index in [9.17, 15) is 14.7 Å². The molecular weight excluding hydrogens is 358 g/mol. The van der Waals surface area contributed by atoms with Crippen LogP contribution in [0.1, 0.15) is 28.9 Å². The average Bonchev–Trinajstić information content (AvgIpc) is 3.02. The first-order chi connectivity index (χ1) is 12.5. The Morgan fingerprint density at radius 2 is 2.12 bits per heavy atom. The summed E-state index contributed by atoms with van der Waals surface area (Å²) in [7, 11) is 0. The Morgan fingerprint density at radius 3 is 2.73 bits per heavy atom. The smallest absolute Gasteiger partial charge is 0.326 e. The molecule has 8 heteroatoms. The van der Waals surface area contributed by atoms with Crippen LogP contribution in [-0.2, 0) is 9.53 Å². The number of nitrogens with zero attached hydrogens (tertiary/aromatic N) is 2. The number of ether oxygens (including phenoxy) is 1. The summed E-state index contributed by atoms with van der Waals surface area (Å²) < 4.78 is 6.92. The van der Waals surface area contributed by atoms with Gasteiger partial charge < -0.3 is 15.2 Å². The molecule has 0 spiro atoms. The molecule has 2 atom stereocenters. The number of amides is 1. The third kappa shape index (κ3) is 4.05. The van der Waals surface area contributed by atoms with Crippen LogP contribution in [0.15, 0.2) is 30.5 Å². The molecule has 2 N–H and O–H groups in total. The van der Waals surface area contributed by atoms with Gasteiger partial charge in [-0.1, -0.05) is 11.6 Å². The number of hydrogen-bond acceptors (Lipinski definition) is 4. The minimum Gasteiger partial charge on any atom is -0.480 e. The van der Waals surface area contributed by atoms with Crippen molar-refractivity contribution < 1.29 is 19.4 Å². The number of aliphatic carboxylic acids is 1. The second kappa shape index (κ2) is 7.88. The van der Waals surface area contributed by atoms with E-state index in [4.69, 9.17) is 16.3 Å². The lowest BCUT2D eigenvalue weighted by molar-refractivity contribution is -0.142. The Kier molecular flexibility index (Phi) is 5.58. The van der Waals surface area contributed by atoms with Gasteiger partial charge in [0.15, 0.2) is 0 Å². The summed E-state index contributed by atoms with van der Waals surface area (Å²) in [6, 6.07) is 6.06. The van der Waals surface area contributed by atoms with Gasteiger partial charge in [-0.15, -0.1) is 0 Å². The van der Waals surface area contributed by atoms with E-state index in [-0.39, 0.29) is 5.92 Å². The summed E-state index contributed by atoms with van der Waals surface area (Å²) in [5, 5.41) is 17.1. The summed E-state index contributed by atoms with van der Waals surface area (Å²) in [6.45, 7) is 2.67. The van der Waals surface area contributed by atoms with Gasteiger partial charge in [0.05, 0.1) is 23.6 Å². The Bertz CT molecular complexity index is 797. The highest BCUT2D eigenvalue weighted by Gasteiger charge is 2.32. The number of carbonyl (C=O) groups is 2. The van der Waals surface area contributed by atoms with Crippen molar-refractivity contribution >= 4 is 23.5 Å². The highest BCUT2D eigenvalue weighted by atomic mass is 35.5. The monoisotopic (exact) mass is 377 g/mol. The van der Waals surface area contributed by atoms with Gasteiger partial charge in [-0.3, -0.25) is 4.79 Å². The molecule has 0 bridgehead atoms. The van der Waals surface area contributed by atoms with E-state index in [1.54, 1.807) is 42.1 Å². The summed E-state index contributed by atoms with van der Waals surface area (Å²) >= 11 is 5.89. The van der Waals surface area contributed by atoms with Crippen molar-refractivity contribution in [2.24, 2.45) is 5.92 Å². The van der Waals surface area contributed by atoms with E-state index in [1.165, 1.54) is 0 Å². The van der Waals surface area contributed by atoms with Crippen LogP contribution in [0.3, 0.4) is 0 Å². The van der Waals surface area contributed by atoms with Gasteiger partial charge in [-0.2, -0.15) is 5.10 Å². The molecule has 1 aromatic heterocycles. The molecule has 0 saturated carbocycles. The van der Waals surface area contributed by atoms with Crippen LogP contribution in [-0.4, -0.2) is 46.0 Å². The maximum absolute atomic E-state index is 12.6. The number of carbonyl (C=O) groups excluding carboxylic acids is 1. The molecule has 2 unspecified atom stereocenters. The van der Waals surface area contributed by atoms with E-state index in [0.29, 0.717) is 35.9 Å². The largest absolute Gasteiger partial charge is 0.480 e. The molecule has 1 amide bonds. The number of nitrogens with one attached hydrogen (secondary N) is 1. The van der Waals surface area contributed by atoms with Crippen LogP contribution in [0.25, 0.3) is 5.69 Å². The van der Waals surface area contributed by atoms with Crippen LogP contribution in [0.5, 0.6) is 0 Å². The Morgan fingerprint density at radius 1 is 1.38 bits per heavy atom. The predicted octanol–water partition coefficient (Wildman–Crippen LogP) is 2.44. The zero-order valence-electron chi connectivity index (χ0n) is 14.3. The van der Waals surface area contributed by atoms with Crippen molar-refractivity contribution in [3.8, 4) is 5.69 Å².